The maximum absolute atomic E-state index is 11.7. The summed E-state index contributed by atoms with van der Waals surface area (Å²) in [5.74, 6) is 1.33. The van der Waals surface area contributed by atoms with Crippen LogP contribution < -0.4 is 10.8 Å². The van der Waals surface area contributed by atoms with Crippen LogP contribution in [-0.2, 0) is 11.3 Å². The number of amides is 1. The topological polar surface area (TPSA) is 100 Å². The third-order valence-corrected chi connectivity index (χ3v) is 5.06. The fraction of sp³-hybridized carbons (Fsp3) is 0.842. The Morgan fingerprint density at radius 2 is 2.04 bits per heavy atom. The molecule has 148 valence electrons. The van der Waals surface area contributed by atoms with Crippen LogP contribution in [0, 0.1) is 5.92 Å². The van der Waals surface area contributed by atoms with Crippen LogP contribution in [0.1, 0.15) is 96.2 Å². The van der Waals surface area contributed by atoms with Gasteiger partial charge in [-0.15, -0.1) is 0 Å². The number of hydrogen-bond donors (Lipinski definition) is 3. The molecule has 1 aromatic heterocycles. The lowest BCUT2D eigenvalue weighted by atomic mass is 9.84. The summed E-state index contributed by atoms with van der Waals surface area (Å²) in [7, 11) is 0. The second kappa shape index (κ2) is 10.0. The van der Waals surface area contributed by atoms with Crippen molar-refractivity contribution in [3.05, 3.63) is 11.7 Å². The fourth-order valence-electron chi connectivity index (χ4n) is 3.56. The van der Waals surface area contributed by atoms with Gasteiger partial charge in [-0.25, -0.2) is 5.48 Å². The van der Waals surface area contributed by atoms with Gasteiger partial charge in [0.05, 0.1) is 6.54 Å². The molecule has 26 heavy (non-hydrogen) atoms. The molecule has 2 rings (SSSR count). The summed E-state index contributed by atoms with van der Waals surface area (Å²) in [4.78, 5) is 16.1. The van der Waals surface area contributed by atoms with Crippen molar-refractivity contribution in [3.8, 4) is 0 Å². The molecule has 0 spiro atoms. The van der Waals surface area contributed by atoms with Gasteiger partial charge in [-0.3, -0.25) is 10.0 Å². The summed E-state index contributed by atoms with van der Waals surface area (Å²) in [6, 6.07) is 0. The zero-order valence-electron chi connectivity index (χ0n) is 16.4. The zero-order valence-corrected chi connectivity index (χ0v) is 16.4. The highest BCUT2D eigenvalue weighted by molar-refractivity contribution is 5.75. The average molecular weight is 367 g/mol. The second-order valence-electron chi connectivity index (χ2n) is 8.52. The first-order valence-corrected chi connectivity index (χ1v) is 9.88. The monoisotopic (exact) mass is 366 g/mol. The highest BCUT2D eigenvalue weighted by Gasteiger charge is 2.23. The van der Waals surface area contributed by atoms with Crippen LogP contribution in [0.25, 0.3) is 0 Å². The molecule has 3 N–H and O–H groups in total. The normalized spacial score (nSPS) is 17.2. The van der Waals surface area contributed by atoms with Crippen molar-refractivity contribution < 1.29 is 14.5 Å². The average Bonchev–Trinajstić information content (AvgIpc) is 3.08. The first kappa shape index (κ1) is 20.8. The predicted octanol–water partition coefficient (Wildman–Crippen LogP) is 3.69. The summed E-state index contributed by atoms with van der Waals surface area (Å²) < 4.78 is 5.42. The second-order valence-corrected chi connectivity index (χ2v) is 8.52. The van der Waals surface area contributed by atoms with Gasteiger partial charge in [0.25, 0.3) is 0 Å². The number of nitrogens with one attached hydrogen (secondary N) is 2. The summed E-state index contributed by atoms with van der Waals surface area (Å²) in [5.41, 5.74) is 1.68. The van der Waals surface area contributed by atoms with Crippen LogP contribution in [0.3, 0.4) is 0 Å². The first-order valence-electron chi connectivity index (χ1n) is 9.88. The molecule has 1 aromatic rings. The van der Waals surface area contributed by atoms with E-state index >= 15 is 0 Å². The van der Waals surface area contributed by atoms with Gasteiger partial charge in [0, 0.05) is 17.9 Å². The number of rotatable bonds is 9. The van der Waals surface area contributed by atoms with Crippen LogP contribution in [0.5, 0.6) is 0 Å². The van der Waals surface area contributed by atoms with E-state index in [1.807, 2.05) is 0 Å². The Morgan fingerprint density at radius 3 is 2.69 bits per heavy atom. The lowest BCUT2D eigenvalue weighted by Crippen LogP contribution is -2.35. The third-order valence-electron chi connectivity index (χ3n) is 5.06. The van der Waals surface area contributed by atoms with Crippen molar-refractivity contribution in [3.63, 3.8) is 0 Å². The SMILES string of the molecule is CC(C)(C)NCc1noc([C@H](CCCC2CCCCC2)CC(=O)NO)n1. The summed E-state index contributed by atoms with van der Waals surface area (Å²) in [5, 5.41) is 16.2. The molecule has 1 saturated carbocycles. The highest BCUT2D eigenvalue weighted by Crippen LogP contribution is 2.31. The Balaban J connectivity index is 1.90. The standard InChI is InChI=1S/C19H34N4O3/c1-19(2,3)20-13-16-21-18(26-23-16)15(12-17(24)22-25)11-7-10-14-8-5-4-6-9-14/h14-15,20,25H,4-13H2,1-3H3,(H,22,24)/t15-/m1/s1. The summed E-state index contributed by atoms with van der Waals surface area (Å²) >= 11 is 0. The van der Waals surface area contributed by atoms with E-state index in [0.29, 0.717) is 18.3 Å². The number of carbonyl (C=O) groups excluding carboxylic acids is 1. The van der Waals surface area contributed by atoms with Crippen molar-refractivity contribution in [1.29, 1.82) is 0 Å². The van der Waals surface area contributed by atoms with E-state index in [2.05, 4.69) is 36.2 Å². The molecule has 0 saturated heterocycles. The van der Waals surface area contributed by atoms with Gasteiger partial charge in [0.2, 0.25) is 11.8 Å². The van der Waals surface area contributed by atoms with Crippen LogP contribution in [0.4, 0.5) is 0 Å². The molecule has 1 aliphatic carbocycles. The fourth-order valence-corrected chi connectivity index (χ4v) is 3.56. The Kier molecular flexibility index (Phi) is 8.03. The van der Waals surface area contributed by atoms with E-state index in [0.717, 1.165) is 18.8 Å². The molecular weight excluding hydrogens is 332 g/mol. The van der Waals surface area contributed by atoms with Gasteiger partial charge in [-0.1, -0.05) is 50.1 Å². The van der Waals surface area contributed by atoms with E-state index in [1.54, 1.807) is 5.48 Å². The Hall–Kier alpha value is -1.47. The van der Waals surface area contributed by atoms with Gasteiger partial charge < -0.3 is 9.84 Å². The smallest absolute Gasteiger partial charge is 0.244 e. The van der Waals surface area contributed by atoms with Gasteiger partial charge in [0.1, 0.15) is 0 Å². The molecule has 1 amide bonds. The zero-order chi connectivity index (χ0) is 19.0. The van der Waals surface area contributed by atoms with E-state index in [-0.39, 0.29) is 17.9 Å². The minimum Gasteiger partial charge on any atom is -0.339 e. The Labute approximate surface area is 156 Å². The maximum Gasteiger partial charge on any atom is 0.244 e. The number of nitrogens with zero attached hydrogens (tertiary/aromatic N) is 2. The lowest BCUT2D eigenvalue weighted by molar-refractivity contribution is -0.129. The minimum absolute atomic E-state index is 0.0308. The van der Waals surface area contributed by atoms with Crippen LogP contribution in [0.15, 0.2) is 4.52 Å². The molecule has 0 aliphatic heterocycles. The molecule has 1 fully saturated rings. The molecule has 1 heterocycles. The van der Waals surface area contributed by atoms with Gasteiger partial charge in [-0.05, 0) is 33.1 Å². The van der Waals surface area contributed by atoms with Crippen LogP contribution in [-0.4, -0.2) is 26.8 Å². The quantitative estimate of drug-likeness (QED) is 0.455. The van der Waals surface area contributed by atoms with Gasteiger partial charge in [0.15, 0.2) is 5.82 Å². The first-order chi connectivity index (χ1) is 12.4. The molecule has 1 aliphatic rings. The van der Waals surface area contributed by atoms with E-state index in [4.69, 9.17) is 9.73 Å². The molecule has 0 aromatic carbocycles. The van der Waals surface area contributed by atoms with Crippen molar-refractivity contribution >= 4 is 5.91 Å². The summed E-state index contributed by atoms with van der Waals surface area (Å²) in [6.45, 7) is 6.75. The number of aromatic nitrogens is 2. The summed E-state index contributed by atoms with van der Waals surface area (Å²) in [6.07, 6.45) is 9.90. The molecule has 7 nitrogen and oxygen atoms in total. The van der Waals surface area contributed by atoms with Crippen LogP contribution >= 0.6 is 0 Å². The minimum atomic E-state index is -0.416. The largest absolute Gasteiger partial charge is 0.339 e. The maximum atomic E-state index is 11.7. The third kappa shape index (κ3) is 7.41. The van der Waals surface area contributed by atoms with Gasteiger partial charge in [-0.2, -0.15) is 4.98 Å². The lowest BCUT2D eigenvalue weighted by Gasteiger charge is -2.22. The van der Waals surface area contributed by atoms with Crippen LogP contribution in [0.2, 0.25) is 0 Å². The van der Waals surface area contributed by atoms with Crippen molar-refractivity contribution in [2.75, 3.05) is 0 Å². The van der Waals surface area contributed by atoms with E-state index in [9.17, 15) is 4.79 Å². The highest BCUT2D eigenvalue weighted by atomic mass is 16.5. The molecule has 0 bridgehead atoms. The Bertz CT molecular complexity index is 547. The van der Waals surface area contributed by atoms with Crippen molar-refractivity contribution in [2.45, 2.75) is 96.6 Å². The predicted molar refractivity (Wildman–Crippen MR) is 98.6 cm³/mol. The van der Waals surface area contributed by atoms with Gasteiger partial charge >= 0.3 is 0 Å². The van der Waals surface area contributed by atoms with E-state index in [1.165, 1.54) is 38.5 Å². The van der Waals surface area contributed by atoms with E-state index < -0.39 is 5.91 Å². The number of carbonyl (C=O) groups is 1. The number of hydrogen-bond acceptors (Lipinski definition) is 6. The molecular formula is C19H34N4O3. The van der Waals surface area contributed by atoms with Crippen molar-refractivity contribution in [2.24, 2.45) is 5.92 Å². The molecule has 7 heteroatoms. The van der Waals surface area contributed by atoms with Crippen molar-refractivity contribution in [1.82, 2.24) is 20.9 Å². The molecule has 0 radical (unpaired) electrons. The molecule has 0 unspecified atom stereocenters. The number of hydroxylamine groups is 1. The molecule has 1 atom stereocenters. The Morgan fingerprint density at radius 1 is 1.31 bits per heavy atom.